The third kappa shape index (κ3) is 2.05. The van der Waals surface area contributed by atoms with Gasteiger partial charge in [0.2, 0.25) is 0 Å². The predicted octanol–water partition coefficient (Wildman–Crippen LogP) is 2.74. The molecule has 0 aromatic heterocycles. The molecule has 90 valence electrons. The van der Waals surface area contributed by atoms with Crippen LogP contribution in [0.3, 0.4) is 0 Å². The summed E-state index contributed by atoms with van der Waals surface area (Å²) >= 11 is 11.8. The van der Waals surface area contributed by atoms with Gasteiger partial charge in [0.1, 0.15) is 0 Å². The van der Waals surface area contributed by atoms with Crippen LogP contribution < -0.4 is 4.90 Å². The monoisotopic (exact) mass is 271 g/mol. The molecule has 17 heavy (non-hydrogen) atoms. The van der Waals surface area contributed by atoms with Gasteiger partial charge in [-0.1, -0.05) is 24.6 Å². The summed E-state index contributed by atoms with van der Waals surface area (Å²) in [5.41, 5.74) is 0.894. The molecule has 3 nitrogen and oxygen atoms in total. The molecule has 0 spiro atoms. The van der Waals surface area contributed by atoms with Gasteiger partial charge in [-0.2, -0.15) is 0 Å². The third-order valence-electron chi connectivity index (χ3n) is 2.70. The Labute approximate surface area is 109 Å². The highest BCUT2D eigenvalue weighted by Gasteiger charge is 2.37. The summed E-state index contributed by atoms with van der Waals surface area (Å²) in [4.78, 5) is 25.0. The first-order valence-electron chi connectivity index (χ1n) is 5.27. The average Bonchev–Trinajstić information content (AvgIpc) is 2.56. The Kier molecular flexibility index (Phi) is 3.40. The number of hydrogen-bond donors (Lipinski definition) is 0. The molecular formula is C12H11Cl2NO2. The second-order valence-electron chi connectivity index (χ2n) is 4.14. The topological polar surface area (TPSA) is 37.4 Å². The molecule has 1 aliphatic rings. The Morgan fingerprint density at radius 1 is 1.35 bits per heavy atom. The molecular weight excluding hydrogens is 261 g/mol. The van der Waals surface area contributed by atoms with Crippen LogP contribution >= 0.6 is 23.2 Å². The lowest BCUT2D eigenvalue weighted by atomic mass is 10.1. The molecule has 0 fully saturated rings. The molecule has 0 aliphatic carbocycles. The maximum atomic E-state index is 11.8. The molecule has 0 N–H and O–H groups in total. The van der Waals surface area contributed by atoms with E-state index in [1.165, 1.54) is 4.90 Å². The summed E-state index contributed by atoms with van der Waals surface area (Å²) < 4.78 is 0. The van der Waals surface area contributed by atoms with Crippen molar-refractivity contribution < 1.29 is 9.59 Å². The van der Waals surface area contributed by atoms with Crippen LogP contribution in [0.2, 0.25) is 5.02 Å². The van der Waals surface area contributed by atoms with Crippen molar-refractivity contribution in [1.82, 2.24) is 0 Å². The minimum atomic E-state index is -0.523. The van der Waals surface area contributed by atoms with E-state index in [4.69, 9.17) is 23.2 Å². The maximum absolute atomic E-state index is 11.8. The van der Waals surface area contributed by atoms with E-state index in [0.29, 0.717) is 28.7 Å². The number of ketones is 1. The molecule has 0 saturated heterocycles. The Hall–Kier alpha value is -1.06. The predicted molar refractivity (Wildman–Crippen MR) is 68.0 cm³/mol. The van der Waals surface area contributed by atoms with Crippen molar-refractivity contribution in [2.75, 3.05) is 17.3 Å². The number of rotatable bonds is 3. The van der Waals surface area contributed by atoms with E-state index in [0.717, 1.165) is 0 Å². The van der Waals surface area contributed by atoms with Gasteiger partial charge in [-0.05, 0) is 18.1 Å². The zero-order valence-electron chi connectivity index (χ0n) is 9.24. The van der Waals surface area contributed by atoms with Crippen molar-refractivity contribution in [3.63, 3.8) is 0 Å². The molecule has 1 heterocycles. The summed E-state index contributed by atoms with van der Waals surface area (Å²) in [6.45, 7) is 2.32. The van der Waals surface area contributed by atoms with Crippen molar-refractivity contribution in [1.29, 1.82) is 0 Å². The van der Waals surface area contributed by atoms with Gasteiger partial charge in [-0.25, -0.2) is 0 Å². The highest BCUT2D eigenvalue weighted by Crippen LogP contribution is 2.36. The number of alkyl halides is 1. The molecule has 5 heteroatoms. The molecule has 0 radical (unpaired) electrons. The van der Waals surface area contributed by atoms with Gasteiger partial charge < -0.3 is 4.90 Å². The number of benzene rings is 1. The van der Waals surface area contributed by atoms with Gasteiger partial charge in [-0.3, -0.25) is 9.59 Å². The molecule has 1 aliphatic heterocycles. The minimum Gasteiger partial charge on any atom is -0.303 e. The number of amides is 1. The van der Waals surface area contributed by atoms with E-state index in [1.54, 1.807) is 18.2 Å². The highest BCUT2D eigenvalue weighted by molar-refractivity contribution is 6.54. The van der Waals surface area contributed by atoms with Gasteiger partial charge in [0.05, 0.1) is 16.3 Å². The highest BCUT2D eigenvalue weighted by atomic mass is 35.5. The van der Waals surface area contributed by atoms with Gasteiger partial charge in [0.25, 0.3) is 11.7 Å². The summed E-state index contributed by atoms with van der Waals surface area (Å²) in [6.07, 6.45) is 0. The van der Waals surface area contributed by atoms with E-state index in [1.807, 2.05) is 6.92 Å². The van der Waals surface area contributed by atoms with Crippen LogP contribution in [-0.2, 0) is 4.79 Å². The lowest BCUT2D eigenvalue weighted by Gasteiger charge is -2.20. The molecule has 2 rings (SSSR count). The number of anilines is 1. The number of halogens is 2. The van der Waals surface area contributed by atoms with Crippen LogP contribution in [0.4, 0.5) is 5.69 Å². The smallest absolute Gasteiger partial charge is 0.299 e. The number of carbonyl (C=O) groups excluding carboxylic acids is 2. The third-order valence-corrected chi connectivity index (χ3v) is 3.53. The summed E-state index contributed by atoms with van der Waals surface area (Å²) in [5, 5.41) is 0.420. The van der Waals surface area contributed by atoms with E-state index >= 15 is 0 Å². The lowest BCUT2D eigenvalue weighted by Crippen LogP contribution is -2.34. The van der Waals surface area contributed by atoms with Crippen molar-refractivity contribution >= 4 is 40.6 Å². The molecule has 1 aromatic rings. The zero-order chi connectivity index (χ0) is 12.6. The van der Waals surface area contributed by atoms with Gasteiger partial charge in [0, 0.05) is 12.4 Å². The van der Waals surface area contributed by atoms with E-state index in [9.17, 15) is 9.59 Å². The van der Waals surface area contributed by atoms with Crippen molar-refractivity contribution in [2.24, 2.45) is 5.92 Å². The van der Waals surface area contributed by atoms with Gasteiger partial charge in [-0.15, -0.1) is 11.6 Å². The maximum Gasteiger partial charge on any atom is 0.299 e. The second kappa shape index (κ2) is 4.67. The SMILES string of the molecule is CC(CCl)CN1C(=O)C(=O)c2cccc(Cl)c21. The van der Waals surface area contributed by atoms with Crippen LogP contribution in [0, 0.1) is 5.92 Å². The number of hydrogen-bond acceptors (Lipinski definition) is 2. The first-order chi connectivity index (χ1) is 8.06. The largest absolute Gasteiger partial charge is 0.303 e. The molecule has 0 bridgehead atoms. The number of carbonyl (C=O) groups is 2. The number of para-hydroxylation sites is 1. The Morgan fingerprint density at radius 2 is 2.06 bits per heavy atom. The van der Waals surface area contributed by atoms with Crippen LogP contribution in [0.15, 0.2) is 18.2 Å². The number of nitrogens with zero attached hydrogens (tertiary/aromatic N) is 1. The fourth-order valence-electron chi connectivity index (χ4n) is 1.85. The zero-order valence-corrected chi connectivity index (χ0v) is 10.8. The Bertz CT molecular complexity index is 487. The van der Waals surface area contributed by atoms with E-state index in [-0.39, 0.29) is 5.92 Å². The van der Waals surface area contributed by atoms with Crippen LogP contribution in [0.25, 0.3) is 0 Å². The summed E-state index contributed by atoms with van der Waals surface area (Å²) in [7, 11) is 0. The Balaban J connectivity index is 2.43. The van der Waals surface area contributed by atoms with Crippen molar-refractivity contribution in [3.8, 4) is 0 Å². The average molecular weight is 272 g/mol. The second-order valence-corrected chi connectivity index (χ2v) is 4.86. The molecule has 1 unspecified atom stereocenters. The summed E-state index contributed by atoms with van der Waals surface area (Å²) in [5.74, 6) is -0.484. The fourth-order valence-corrected chi connectivity index (χ4v) is 2.22. The quantitative estimate of drug-likeness (QED) is 0.626. The number of Topliss-reactive ketones (excluding diaryl/α,β-unsaturated/α-hetero) is 1. The van der Waals surface area contributed by atoms with Crippen molar-refractivity contribution in [3.05, 3.63) is 28.8 Å². The molecule has 1 atom stereocenters. The minimum absolute atomic E-state index is 0.107. The van der Waals surface area contributed by atoms with Gasteiger partial charge >= 0.3 is 0 Å². The van der Waals surface area contributed by atoms with E-state index < -0.39 is 11.7 Å². The first-order valence-corrected chi connectivity index (χ1v) is 6.18. The van der Waals surface area contributed by atoms with Crippen LogP contribution in [-0.4, -0.2) is 24.1 Å². The molecule has 1 aromatic carbocycles. The number of fused-ring (bicyclic) bond motifs is 1. The lowest BCUT2D eigenvalue weighted by molar-refractivity contribution is -0.114. The fraction of sp³-hybridized carbons (Fsp3) is 0.333. The normalized spacial score (nSPS) is 16.3. The first kappa shape index (κ1) is 12.4. The molecule has 0 saturated carbocycles. The standard InChI is InChI=1S/C12H11Cl2NO2/c1-7(5-13)6-15-10-8(11(16)12(15)17)3-2-4-9(10)14/h2-4,7H,5-6H2,1H3. The summed E-state index contributed by atoms with van der Waals surface area (Å²) in [6, 6.07) is 4.96. The van der Waals surface area contributed by atoms with Gasteiger partial charge in [0.15, 0.2) is 0 Å². The molecule has 1 amide bonds. The van der Waals surface area contributed by atoms with Crippen LogP contribution in [0.1, 0.15) is 17.3 Å². The van der Waals surface area contributed by atoms with Crippen LogP contribution in [0.5, 0.6) is 0 Å². The van der Waals surface area contributed by atoms with Crippen molar-refractivity contribution in [2.45, 2.75) is 6.92 Å². The Morgan fingerprint density at radius 3 is 2.71 bits per heavy atom. The van der Waals surface area contributed by atoms with E-state index in [2.05, 4.69) is 0 Å².